The minimum atomic E-state index is -0.0706. The summed E-state index contributed by atoms with van der Waals surface area (Å²) < 4.78 is 4.74. The van der Waals surface area contributed by atoms with Crippen molar-refractivity contribution in [3.63, 3.8) is 0 Å². The van der Waals surface area contributed by atoms with Crippen LogP contribution in [-0.4, -0.2) is 13.1 Å². The lowest BCUT2D eigenvalue weighted by Gasteiger charge is -2.19. The summed E-state index contributed by atoms with van der Waals surface area (Å²) in [6.45, 7) is 8.37. The third-order valence-electron chi connectivity index (χ3n) is 2.03. The topological polar surface area (TPSA) is 26.3 Å². The second-order valence-corrected chi connectivity index (χ2v) is 4.00. The van der Waals surface area contributed by atoms with Crippen molar-refractivity contribution in [2.45, 2.75) is 34.1 Å². The number of carbonyl (C=O) groups is 1. The van der Waals surface area contributed by atoms with Crippen LogP contribution in [0, 0.1) is 17.8 Å². The maximum Gasteiger partial charge on any atom is 0.308 e. The van der Waals surface area contributed by atoms with Crippen molar-refractivity contribution < 1.29 is 9.53 Å². The summed E-state index contributed by atoms with van der Waals surface area (Å²) in [5.74, 6) is 0.921. The van der Waals surface area contributed by atoms with Crippen molar-refractivity contribution in [2.24, 2.45) is 17.8 Å². The third kappa shape index (κ3) is 3.74. The highest BCUT2D eigenvalue weighted by Crippen LogP contribution is 2.21. The van der Waals surface area contributed by atoms with Crippen molar-refractivity contribution in [2.75, 3.05) is 7.11 Å². The first kappa shape index (κ1) is 11.5. The Labute approximate surface area is 75.3 Å². The summed E-state index contributed by atoms with van der Waals surface area (Å²) in [5, 5.41) is 0. The maximum absolute atomic E-state index is 11.3. The van der Waals surface area contributed by atoms with Crippen LogP contribution in [0.25, 0.3) is 0 Å². The average Bonchev–Trinajstić information content (AvgIpc) is 1.98. The van der Waals surface area contributed by atoms with Crippen molar-refractivity contribution in [1.82, 2.24) is 0 Å². The number of hydrogen-bond donors (Lipinski definition) is 0. The number of ether oxygens (including phenoxy) is 1. The second kappa shape index (κ2) is 5.18. The predicted molar refractivity (Wildman–Crippen MR) is 49.8 cm³/mol. The van der Waals surface area contributed by atoms with E-state index >= 15 is 0 Å². The summed E-state index contributed by atoms with van der Waals surface area (Å²) in [6.07, 6.45) is 0.921. The van der Waals surface area contributed by atoms with Crippen LogP contribution >= 0.6 is 0 Å². The minimum absolute atomic E-state index is 0.0648. The van der Waals surface area contributed by atoms with Gasteiger partial charge in [-0.05, 0) is 18.3 Å². The molecular formula is C10H20O2. The zero-order chi connectivity index (χ0) is 9.72. The largest absolute Gasteiger partial charge is 0.469 e. The van der Waals surface area contributed by atoms with E-state index in [9.17, 15) is 4.79 Å². The summed E-state index contributed by atoms with van der Waals surface area (Å²) in [6, 6.07) is 0. The average molecular weight is 172 g/mol. The van der Waals surface area contributed by atoms with Crippen LogP contribution in [0.1, 0.15) is 34.1 Å². The van der Waals surface area contributed by atoms with Crippen LogP contribution in [0.15, 0.2) is 0 Å². The molecule has 12 heavy (non-hydrogen) atoms. The fourth-order valence-electron chi connectivity index (χ4n) is 1.30. The fourth-order valence-corrected chi connectivity index (χ4v) is 1.30. The highest BCUT2D eigenvalue weighted by Gasteiger charge is 2.23. The molecule has 0 fully saturated rings. The molecular weight excluding hydrogens is 152 g/mol. The Balaban J connectivity index is 4.13. The van der Waals surface area contributed by atoms with Gasteiger partial charge in [-0.3, -0.25) is 4.79 Å². The summed E-state index contributed by atoms with van der Waals surface area (Å²) >= 11 is 0. The number of esters is 1. The standard InChI is InChI=1S/C10H20O2/c1-7(2)6-9(8(3)4)10(11)12-5/h7-9H,6H2,1-5H3/t9-/m1/s1. The highest BCUT2D eigenvalue weighted by atomic mass is 16.5. The van der Waals surface area contributed by atoms with Gasteiger partial charge in [-0.2, -0.15) is 0 Å². The number of methoxy groups -OCH3 is 1. The molecule has 0 aliphatic rings. The molecule has 0 saturated heterocycles. The Bertz CT molecular complexity index is 139. The second-order valence-electron chi connectivity index (χ2n) is 4.00. The normalized spacial score (nSPS) is 13.6. The van der Waals surface area contributed by atoms with E-state index in [0.29, 0.717) is 11.8 Å². The Kier molecular flexibility index (Phi) is 4.95. The van der Waals surface area contributed by atoms with Crippen molar-refractivity contribution in [3.05, 3.63) is 0 Å². The molecule has 0 spiro atoms. The van der Waals surface area contributed by atoms with E-state index < -0.39 is 0 Å². The van der Waals surface area contributed by atoms with Gasteiger partial charge in [0.15, 0.2) is 0 Å². The molecule has 0 saturated carbocycles. The molecule has 0 amide bonds. The van der Waals surface area contributed by atoms with Crippen LogP contribution in [0.4, 0.5) is 0 Å². The Morgan fingerprint density at radius 1 is 1.25 bits per heavy atom. The van der Waals surface area contributed by atoms with Gasteiger partial charge in [0.1, 0.15) is 0 Å². The van der Waals surface area contributed by atoms with Crippen LogP contribution in [0.2, 0.25) is 0 Å². The van der Waals surface area contributed by atoms with Gasteiger partial charge in [0.2, 0.25) is 0 Å². The first-order valence-corrected chi connectivity index (χ1v) is 4.56. The number of rotatable bonds is 4. The predicted octanol–water partition coefficient (Wildman–Crippen LogP) is 2.48. The van der Waals surface area contributed by atoms with Crippen molar-refractivity contribution in [1.29, 1.82) is 0 Å². The summed E-state index contributed by atoms with van der Waals surface area (Å²) in [7, 11) is 1.46. The molecule has 0 radical (unpaired) electrons. The Hall–Kier alpha value is -0.530. The molecule has 0 aliphatic heterocycles. The van der Waals surface area contributed by atoms with Crippen LogP contribution in [0.5, 0.6) is 0 Å². The molecule has 0 rings (SSSR count). The van der Waals surface area contributed by atoms with Gasteiger partial charge in [0, 0.05) is 0 Å². The van der Waals surface area contributed by atoms with Gasteiger partial charge >= 0.3 is 5.97 Å². The molecule has 0 unspecified atom stereocenters. The molecule has 0 aromatic rings. The molecule has 0 aromatic heterocycles. The molecule has 0 bridgehead atoms. The lowest BCUT2D eigenvalue weighted by molar-refractivity contribution is -0.147. The molecule has 0 heterocycles. The zero-order valence-electron chi connectivity index (χ0n) is 8.76. The van der Waals surface area contributed by atoms with E-state index in [0.717, 1.165) is 6.42 Å². The first-order chi connectivity index (χ1) is 5.49. The molecule has 2 nitrogen and oxygen atoms in total. The first-order valence-electron chi connectivity index (χ1n) is 4.56. The zero-order valence-corrected chi connectivity index (χ0v) is 8.76. The molecule has 72 valence electrons. The molecule has 1 atom stereocenters. The minimum Gasteiger partial charge on any atom is -0.469 e. The fraction of sp³-hybridized carbons (Fsp3) is 0.900. The van der Waals surface area contributed by atoms with E-state index in [-0.39, 0.29) is 11.9 Å². The number of hydrogen-bond acceptors (Lipinski definition) is 2. The van der Waals surface area contributed by atoms with Crippen molar-refractivity contribution >= 4 is 5.97 Å². The summed E-state index contributed by atoms with van der Waals surface area (Å²) in [4.78, 5) is 11.3. The van der Waals surface area contributed by atoms with Crippen LogP contribution < -0.4 is 0 Å². The van der Waals surface area contributed by atoms with E-state index in [2.05, 4.69) is 27.7 Å². The van der Waals surface area contributed by atoms with E-state index in [1.807, 2.05) is 0 Å². The lowest BCUT2D eigenvalue weighted by atomic mass is 9.88. The third-order valence-corrected chi connectivity index (χ3v) is 2.03. The molecule has 0 N–H and O–H groups in total. The highest BCUT2D eigenvalue weighted by molar-refractivity contribution is 5.72. The van der Waals surface area contributed by atoms with Gasteiger partial charge in [-0.15, -0.1) is 0 Å². The Morgan fingerprint density at radius 3 is 2.00 bits per heavy atom. The monoisotopic (exact) mass is 172 g/mol. The van der Waals surface area contributed by atoms with Gasteiger partial charge in [0.05, 0.1) is 13.0 Å². The van der Waals surface area contributed by atoms with Gasteiger partial charge in [-0.25, -0.2) is 0 Å². The van der Waals surface area contributed by atoms with Gasteiger partial charge in [0.25, 0.3) is 0 Å². The quantitative estimate of drug-likeness (QED) is 0.609. The van der Waals surface area contributed by atoms with Crippen LogP contribution in [0.3, 0.4) is 0 Å². The van der Waals surface area contributed by atoms with Gasteiger partial charge < -0.3 is 4.74 Å². The number of carbonyl (C=O) groups excluding carboxylic acids is 1. The SMILES string of the molecule is COC(=O)[C@H](CC(C)C)C(C)C. The van der Waals surface area contributed by atoms with E-state index in [4.69, 9.17) is 4.74 Å². The van der Waals surface area contributed by atoms with Crippen molar-refractivity contribution in [3.8, 4) is 0 Å². The summed E-state index contributed by atoms with van der Waals surface area (Å²) in [5.41, 5.74) is 0. The van der Waals surface area contributed by atoms with E-state index in [1.54, 1.807) is 0 Å². The maximum atomic E-state index is 11.3. The molecule has 0 aliphatic carbocycles. The van der Waals surface area contributed by atoms with E-state index in [1.165, 1.54) is 7.11 Å². The van der Waals surface area contributed by atoms with Crippen LogP contribution in [-0.2, 0) is 9.53 Å². The Morgan fingerprint density at radius 2 is 1.75 bits per heavy atom. The lowest BCUT2D eigenvalue weighted by Crippen LogP contribution is -2.23. The van der Waals surface area contributed by atoms with Gasteiger partial charge in [-0.1, -0.05) is 27.7 Å². The smallest absolute Gasteiger partial charge is 0.308 e. The molecule has 0 aromatic carbocycles. The molecule has 2 heteroatoms.